The van der Waals surface area contributed by atoms with Crippen molar-refractivity contribution in [3.05, 3.63) is 57.0 Å². The maximum atomic E-state index is 13.3. The molecule has 7 nitrogen and oxygen atoms in total. The summed E-state index contributed by atoms with van der Waals surface area (Å²) in [6.45, 7) is 7.96. The van der Waals surface area contributed by atoms with E-state index in [9.17, 15) is 22.8 Å². The summed E-state index contributed by atoms with van der Waals surface area (Å²) >= 11 is 0. The number of carbonyl (C=O) groups is 1. The Morgan fingerprint density at radius 1 is 1.20 bits per heavy atom. The number of amides is 1. The minimum atomic E-state index is -4.38. The first-order valence-electron chi connectivity index (χ1n) is 11.3. The first-order chi connectivity index (χ1) is 16.4. The molecule has 0 radical (unpaired) electrons. The van der Waals surface area contributed by atoms with E-state index >= 15 is 0 Å². The van der Waals surface area contributed by atoms with E-state index < -0.39 is 23.4 Å². The van der Waals surface area contributed by atoms with Crippen LogP contribution >= 0.6 is 0 Å². The summed E-state index contributed by atoms with van der Waals surface area (Å²) < 4.78 is 45.1. The number of ether oxygens (including phenoxy) is 1. The summed E-state index contributed by atoms with van der Waals surface area (Å²) in [7, 11) is 0. The lowest BCUT2D eigenvalue weighted by atomic mass is 10.1. The predicted molar refractivity (Wildman–Crippen MR) is 126 cm³/mol. The lowest BCUT2D eigenvalue weighted by Crippen LogP contribution is -2.43. The highest BCUT2D eigenvalue weighted by atomic mass is 19.4. The number of hydrogen-bond acceptors (Lipinski definition) is 5. The van der Waals surface area contributed by atoms with Crippen molar-refractivity contribution in [1.29, 1.82) is 0 Å². The molecule has 1 amide bonds. The zero-order valence-corrected chi connectivity index (χ0v) is 20.3. The fraction of sp³-hybridized carbons (Fsp3) is 0.480. The SMILES string of the molecule is CC#CCn1c(NCCc2ccc(C(F)(F)F)cc2)nc2c(c1=O)CN(C(=O)OC(C)(C)C)CC2. The number of nitrogens with zero attached hydrogens (tertiary/aromatic N) is 3. The van der Waals surface area contributed by atoms with Gasteiger partial charge in [-0.1, -0.05) is 18.1 Å². The number of carbonyl (C=O) groups excluding carboxylic acids is 1. The summed E-state index contributed by atoms with van der Waals surface area (Å²) in [6.07, 6.45) is -4.02. The summed E-state index contributed by atoms with van der Waals surface area (Å²) in [5.74, 6) is 5.97. The zero-order chi connectivity index (χ0) is 25.8. The van der Waals surface area contributed by atoms with Crippen molar-refractivity contribution in [3.63, 3.8) is 0 Å². The number of anilines is 1. The second kappa shape index (κ2) is 10.4. The Labute approximate surface area is 202 Å². The van der Waals surface area contributed by atoms with Crippen LogP contribution in [-0.2, 0) is 36.8 Å². The van der Waals surface area contributed by atoms with Crippen LogP contribution in [0.25, 0.3) is 0 Å². The lowest BCUT2D eigenvalue weighted by molar-refractivity contribution is -0.137. The van der Waals surface area contributed by atoms with Gasteiger partial charge in [0.1, 0.15) is 5.60 Å². The van der Waals surface area contributed by atoms with Gasteiger partial charge in [-0.3, -0.25) is 9.36 Å². The zero-order valence-electron chi connectivity index (χ0n) is 20.3. The quantitative estimate of drug-likeness (QED) is 0.635. The van der Waals surface area contributed by atoms with Crippen LogP contribution < -0.4 is 10.9 Å². The molecule has 0 spiro atoms. The Morgan fingerprint density at radius 3 is 2.49 bits per heavy atom. The van der Waals surface area contributed by atoms with Crippen LogP contribution in [0.15, 0.2) is 29.1 Å². The molecule has 0 saturated carbocycles. The first-order valence-corrected chi connectivity index (χ1v) is 11.3. The van der Waals surface area contributed by atoms with E-state index in [-0.39, 0.29) is 18.6 Å². The van der Waals surface area contributed by atoms with Crippen LogP contribution in [0, 0.1) is 11.8 Å². The third-order valence-electron chi connectivity index (χ3n) is 5.36. The van der Waals surface area contributed by atoms with Crippen LogP contribution in [-0.4, -0.2) is 39.2 Å². The lowest BCUT2D eigenvalue weighted by Gasteiger charge is -2.31. The second-order valence-corrected chi connectivity index (χ2v) is 9.20. The van der Waals surface area contributed by atoms with Gasteiger partial charge in [0.2, 0.25) is 5.95 Å². The van der Waals surface area contributed by atoms with Gasteiger partial charge in [-0.2, -0.15) is 13.2 Å². The molecule has 1 aliphatic heterocycles. The molecule has 1 aliphatic rings. The Morgan fingerprint density at radius 2 is 1.89 bits per heavy atom. The molecule has 35 heavy (non-hydrogen) atoms. The van der Waals surface area contributed by atoms with Gasteiger partial charge in [-0.25, -0.2) is 9.78 Å². The molecule has 0 fully saturated rings. The minimum absolute atomic E-state index is 0.0987. The van der Waals surface area contributed by atoms with E-state index in [0.717, 1.165) is 17.7 Å². The number of alkyl halides is 3. The molecule has 2 heterocycles. The van der Waals surface area contributed by atoms with Gasteiger partial charge in [-0.05, 0) is 51.8 Å². The molecule has 1 aromatic heterocycles. The van der Waals surface area contributed by atoms with Crippen LogP contribution in [0.2, 0.25) is 0 Å². The molecular formula is C25H29F3N4O3. The highest BCUT2D eigenvalue weighted by Crippen LogP contribution is 2.29. The van der Waals surface area contributed by atoms with Crippen LogP contribution in [0.3, 0.4) is 0 Å². The van der Waals surface area contributed by atoms with E-state index in [2.05, 4.69) is 22.1 Å². The van der Waals surface area contributed by atoms with E-state index in [4.69, 9.17) is 4.74 Å². The van der Waals surface area contributed by atoms with Gasteiger partial charge in [-0.15, -0.1) is 5.92 Å². The van der Waals surface area contributed by atoms with Crippen LogP contribution in [0.5, 0.6) is 0 Å². The van der Waals surface area contributed by atoms with E-state index in [1.165, 1.54) is 21.6 Å². The maximum Gasteiger partial charge on any atom is 0.416 e. The number of nitrogens with one attached hydrogen (secondary N) is 1. The summed E-state index contributed by atoms with van der Waals surface area (Å²) in [5.41, 5.74) is 0.119. The van der Waals surface area contributed by atoms with Crippen molar-refractivity contribution in [2.45, 2.75) is 65.4 Å². The normalized spacial score (nSPS) is 13.5. The fourth-order valence-electron chi connectivity index (χ4n) is 3.62. The third-order valence-corrected chi connectivity index (χ3v) is 5.36. The molecular weight excluding hydrogens is 461 g/mol. The van der Waals surface area contributed by atoms with E-state index in [0.29, 0.717) is 43.1 Å². The molecule has 3 rings (SSSR count). The Kier molecular flexibility index (Phi) is 7.78. The number of fused-ring (bicyclic) bond motifs is 1. The molecule has 0 aliphatic carbocycles. The number of halogens is 3. The van der Waals surface area contributed by atoms with Crippen molar-refractivity contribution in [3.8, 4) is 11.8 Å². The molecule has 0 bridgehead atoms. The van der Waals surface area contributed by atoms with Crippen molar-refractivity contribution >= 4 is 12.0 Å². The highest BCUT2D eigenvalue weighted by Gasteiger charge is 2.30. The van der Waals surface area contributed by atoms with Crippen molar-refractivity contribution in [2.24, 2.45) is 0 Å². The molecule has 0 saturated heterocycles. The van der Waals surface area contributed by atoms with Gasteiger partial charge in [0.05, 0.1) is 29.9 Å². The standard InChI is InChI=1S/C25H29F3N4O3/c1-5-6-14-32-21(33)19-16-31(23(34)35-24(2,3)4)15-12-20(19)30-22(32)29-13-11-17-7-9-18(10-8-17)25(26,27)28/h7-10H,11-16H2,1-4H3,(H,29,30). The number of rotatable bonds is 5. The smallest absolute Gasteiger partial charge is 0.416 e. The van der Waals surface area contributed by atoms with Crippen molar-refractivity contribution in [1.82, 2.24) is 14.5 Å². The molecule has 1 aromatic carbocycles. The Balaban J connectivity index is 1.77. The topological polar surface area (TPSA) is 76.5 Å². The molecule has 0 atom stereocenters. The van der Waals surface area contributed by atoms with Gasteiger partial charge in [0.15, 0.2) is 0 Å². The van der Waals surface area contributed by atoms with Gasteiger partial charge < -0.3 is 15.0 Å². The summed E-state index contributed by atoms with van der Waals surface area (Å²) in [4.78, 5) is 31.9. The molecule has 10 heteroatoms. The van der Waals surface area contributed by atoms with E-state index in [1.54, 1.807) is 27.7 Å². The minimum Gasteiger partial charge on any atom is -0.444 e. The van der Waals surface area contributed by atoms with Crippen molar-refractivity contribution in [2.75, 3.05) is 18.4 Å². The van der Waals surface area contributed by atoms with Gasteiger partial charge >= 0.3 is 12.3 Å². The van der Waals surface area contributed by atoms with Crippen molar-refractivity contribution < 1.29 is 22.7 Å². The number of benzene rings is 1. The number of aromatic nitrogens is 2. The summed E-state index contributed by atoms with van der Waals surface area (Å²) in [5, 5.41) is 3.13. The Bertz CT molecular complexity index is 1190. The van der Waals surface area contributed by atoms with Gasteiger partial charge in [0, 0.05) is 19.5 Å². The number of hydrogen-bond donors (Lipinski definition) is 1. The van der Waals surface area contributed by atoms with E-state index in [1.807, 2.05) is 0 Å². The fourth-order valence-corrected chi connectivity index (χ4v) is 3.62. The third kappa shape index (κ3) is 6.78. The molecule has 1 N–H and O–H groups in total. The second-order valence-electron chi connectivity index (χ2n) is 9.20. The maximum absolute atomic E-state index is 13.3. The largest absolute Gasteiger partial charge is 0.444 e. The molecule has 2 aromatic rings. The van der Waals surface area contributed by atoms with Crippen LogP contribution in [0.4, 0.5) is 23.9 Å². The predicted octanol–water partition coefficient (Wildman–Crippen LogP) is 4.23. The molecule has 188 valence electrons. The average molecular weight is 491 g/mol. The monoisotopic (exact) mass is 490 g/mol. The van der Waals surface area contributed by atoms with Gasteiger partial charge in [0.25, 0.3) is 5.56 Å². The van der Waals surface area contributed by atoms with Crippen LogP contribution in [0.1, 0.15) is 50.1 Å². The Hall–Kier alpha value is -3.48. The summed E-state index contributed by atoms with van der Waals surface area (Å²) in [6, 6.07) is 4.97. The first kappa shape index (κ1) is 26.1. The average Bonchev–Trinajstić information content (AvgIpc) is 2.77. The highest BCUT2D eigenvalue weighted by molar-refractivity contribution is 5.68. The molecule has 0 unspecified atom stereocenters.